The lowest BCUT2D eigenvalue weighted by Gasteiger charge is -2.24. The van der Waals surface area contributed by atoms with Gasteiger partial charge in [0.15, 0.2) is 0 Å². The molecular weight excluding hydrogens is 669 g/mol. The fourth-order valence-corrected chi connectivity index (χ4v) is 5.89. The Morgan fingerprint density at radius 2 is 1.80 bits per heavy atom. The minimum absolute atomic E-state index is 0.114. The second kappa shape index (κ2) is 13.1. The number of nitrogens with zero attached hydrogens (tertiary/aromatic N) is 3. The normalized spacial score (nSPS) is 11.0. The van der Waals surface area contributed by atoms with Crippen LogP contribution in [0.3, 0.4) is 0 Å². The molecule has 0 aliphatic carbocycles. The average molecular weight is 698 g/mol. The molecule has 5 aromatic rings. The van der Waals surface area contributed by atoms with Crippen molar-refractivity contribution in [1.82, 2.24) is 14.7 Å². The first-order valence-electron chi connectivity index (χ1n) is 13.1. The molecule has 0 radical (unpaired) electrons. The minimum Gasteiger partial charge on any atom is -0.497 e. The van der Waals surface area contributed by atoms with Gasteiger partial charge in [0.2, 0.25) is 0 Å². The zero-order chi connectivity index (χ0) is 28.9. The number of ether oxygens (including phenoxy) is 2. The number of aromatic nitrogens is 2. The average Bonchev–Trinajstić information content (AvgIpc) is 3.61. The fourth-order valence-electron chi connectivity index (χ4n) is 4.55. The van der Waals surface area contributed by atoms with E-state index in [0.29, 0.717) is 40.4 Å². The summed E-state index contributed by atoms with van der Waals surface area (Å²) in [5, 5.41) is 5.00. The number of carbonyl (C=O) groups excluding carboxylic acids is 1. The highest BCUT2D eigenvalue weighted by Gasteiger charge is 2.23. The van der Waals surface area contributed by atoms with Gasteiger partial charge in [0, 0.05) is 32.5 Å². The van der Waals surface area contributed by atoms with Gasteiger partial charge in [-0.2, -0.15) is 5.10 Å². The van der Waals surface area contributed by atoms with Gasteiger partial charge in [-0.25, -0.2) is 4.68 Å². The van der Waals surface area contributed by atoms with Crippen LogP contribution in [0.5, 0.6) is 11.5 Å². The molecule has 0 N–H and O–H groups in total. The SMILES string of the molecule is CCOc1cc(OC)ccc1CN(Cc1cn(-c2ccc(I)c(C)c2)nc1-c1ccccc1)C(=O)c1ccc(Cl)s1. The third-order valence-electron chi connectivity index (χ3n) is 6.61. The van der Waals surface area contributed by atoms with Gasteiger partial charge in [-0.05, 0) is 84.5 Å². The summed E-state index contributed by atoms with van der Waals surface area (Å²) in [5.41, 5.74) is 5.75. The summed E-state index contributed by atoms with van der Waals surface area (Å²) in [5.74, 6) is 1.26. The molecule has 0 spiro atoms. The van der Waals surface area contributed by atoms with Gasteiger partial charge in [-0.1, -0.05) is 41.9 Å². The second-order valence-electron chi connectivity index (χ2n) is 9.42. The largest absolute Gasteiger partial charge is 0.497 e. The predicted molar refractivity (Wildman–Crippen MR) is 174 cm³/mol. The van der Waals surface area contributed by atoms with Crippen molar-refractivity contribution in [1.29, 1.82) is 0 Å². The number of hydrogen-bond acceptors (Lipinski definition) is 5. The number of halogens is 2. The summed E-state index contributed by atoms with van der Waals surface area (Å²) in [4.78, 5) is 16.3. The molecule has 0 unspecified atom stereocenters. The number of thiophene rings is 1. The summed E-state index contributed by atoms with van der Waals surface area (Å²) in [6.07, 6.45) is 2.02. The predicted octanol–water partition coefficient (Wildman–Crippen LogP) is 8.42. The number of rotatable bonds is 10. The van der Waals surface area contributed by atoms with Crippen LogP contribution < -0.4 is 9.47 Å². The molecule has 9 heteroatoms. The van der Waals surface area contributed by atoms with Crippen LogP contribution in [-0.2, 0) is 13.1 Å². The monoisotopic (exact) mass is 697 g/mol. The van der Waals surface area contributed by atoms with Crippen LogP contribution in [-0.4, -0.2) is 34.3 Å². The summed E-state index contributed by atoms with van der Waals surface area (Å²) in [6.45, 7) is 5.18. The Bertz CT molecular complexity index is 1670. The molecule has 5 rings (SSSR count). The summed E-state index contributed by atoms with van der Waals surface area (Å²) < 4.78 is 15.0. The van der Waals surface area contributed by atoms with Crippen molar-refractivity contribution in [2.75, 3.05) is 13.7 Å². The minimum atomic E-state index is -0.114. The standard InChI is InChI=1S/C32H29ClIN3O3S/c1-4-40-28-17-26(39-3)12-10-23(28)18-36(32(38)29-14-15-30(33)41-29)19-24-20-37(25-11-13-27(34)21(2)16-25)35-31(24)22-8-6-5-7-9-22/h5-17,20H,4,18-19H2,1-3H3. The van der Waals surface area contributed by atoms with Crippen molar-refractivity contribution in [3.63, 3.8) is 0 Å². The van der Waals surface area contributed by atoms with E-state index >= 15 is 0 Å². The summed E-state index contributed by atoms with van der Waals surface area (Å²) in [6, 6.07) is 25.5. The zero-order valence-electron chi connectivity index (χ0n) is 22.9. The van der Waals surface area contributed by atoms with Gasteiger partial charge in [-0.15, -0.1) is 11.3 Å². The molecule has 0 fully saturated rings. The third-order valence-corrected chi connectivity index (χ3v) is 9.04. The number of methoxy groups -OCH3 is 1. The number of aryl methyl sites for hydroxylation is 1. The van der Waals surface area contributed by atoms with Crippen LogP contribution in [0, 0.1) is 10.5 Å². The van der Waals surface area contributed by atoms with Gasteiger partial charge >= 0.3 is 0 Å². The number of amides is 1. The molecule has 41 heavy (non-hydrogen) atoms. The van der Waals surface area contributed by atoms with Crippen molar-refractivity contribution in [2.45, 2.75) is 26.9 Å². The molecule has 3 aromatic carbocycles. The maximum absolute atomic E-state index is 14.0. The van der Waals surface area contributed by atoms with E-state index in [1.54, 1.807) is 19.2 Å². The van der Waals surface area contributed by atoms with Gasteiger partial charge < -0.3 is 14.4 Å². The van der Waals surface area contributed by atoms with Crippen LogP contribution in [0.15, 0.2) is 85.1 Å². The first-order valence-corrected chi connectivity index (χ1v) is 15.4. The lowest BCUT2D eigenvalue weighted by Crippen LogP contribution is -2.30. The quantitative estimate of drug-likeness (QED) is 0.138. The van der Waals surface area contributed by atoms with Crippen LogP contribution in [0.1, 0.15) is 33.3 Å². The number of benzene rings is 3. The Morgan fingerprint density at radius 3 is 2.49 bits per heavy atom. The zero-order valence-corrected chi connectivity index (χ0v) is 26.7. The van der Waals surface area contributed by atoms with Crippen LogP contribution in [0.4, 0.5) is 0 Å². The van der Waals surface area contributed by atoms with E-state index in [1.165, 1.54) is 20.5 Å². The molecule has 6 nitrogen and oxygen atoms in total. The molecule has 2 aromatic heterocycles. The lowest BCUT2D eigenvalue weighted by molar-refractivity contribution is 0.0734. The molecule has 0 bridgehead atoms. The molecule has 1 amide bonds. The highest BCUT2D eigenvalue weighted by Crippen LogP contribution is 2.31. The molecule has 210 valence electrons. The van der Waals surface area contributed by atoms with Crippen LogP contribution in [0.2, 0.25) is 4.34 Å². The smallest absolute Gasteiger partial charge is 0.264 e. The highest BCUT2D eigenvalue weighted by atomic mass is 127. The van der Waals surface area contributed by atoms with E-state index < -0.39 is 0 Å². The van der Waals surface area contributed by atoms with E-state index in [4.69, 9.17) is 26.2 Å². The van der Waals surface area contributed by atoms with Crippen molar-refractivity contribution >= 4 is 51.4 Å². The van der Waals surface area contributed by atoms with E-state index in [9.17, 15) is 4.79 Å². The third kappa shape index (κ3) is 6.77. The first-order chi connectivity index (χ1) is 19.9. The number of hydrogen-bond donors (Lipinski definition) is 0. The van der Waals surface area contributed by atoms with Gasteiger partial charge in [0.1, 0.15) is 11.5 Å². The van der Waals surface area contributed by atoms with Crippen LogP contribution >= 0.6 is 45.5 Å². The van der Waals surface area contributed by atoms with E-state index in [2.05, 4.69) is 47.7 Å². The molecule has 0 saturated carbocycles. The molecule has 0 atom stereocenters. The van der Waals surface area contributed by atoms with Crippen molar-refractivity contribution in [3.05, 3.63) is 115 Å². The first kappa shape index (κ1) is 29.2. The molecule has 0 aliphatic heterocycles. The molecular formula is C32H29ClIN3O3S. The summed E-state index contributed by atoms with van der Waals surface area (Å²) >= 11 is 9.84. The van der Waals surface area contributed by atoms with Crippen LogP contribution in [0.25, 0.3) is 16.9 Å². The van der Waals surface area contributed by atoms with Gasteiger partial charge in [-0.3, -0.25) is 4.79 Å². The van der Waals surface area contributed by atoms with E-state index in [0.717, 1.165) is 28.1 Å². The van der Waals surface area contributed by atoms with Crippen molar-refractivity contribution < 1.29 is 14.3 Å². The van der Waals surface area contributed by atoms with Crippen molar-refractivity contribution in [2.24, 2.45) is 0 Å². The van der Waals surface area contributed by atoms with Gasteiger partial charge in [0.05, 0.1) is 47.4 Å². The molecule has 2 heterocycles. The summed E-state index contributed by atoms with van der Waals surface area (Å²) in [7, 11) is 1.62. The van der Waals surface area contributed by atoms with E-state index in [-0.39, 0.29) is 5.91 Å². The Labute approximate surface area is 262 Å². The Balaban J connectivity index is 1.58. The topological polar surface area (TPSA) is 56.6 Å². The van der Waals surface area contributed by atoms with Gasteiger partial charge in [0.25, 0.3) is 5.91 Å². The Hall–Kier alpha value is -3.34. The molecule has 0 aliphatic rings. The maximum atomic E-state index is 14.0. The van der Waals surface area contributed by atoms with Crippen molar-refractivity contribution in [3.8, 4) is 28.4 Å². The second-order valence-corrected chi connectivity index (χ2v) is 12.3. The fraction of sp³-hybridized carbons (Fsp3) is 0.188. The Kier molecular flexibility index (Phi) is 9.32. The molecule has 0 saturated heterocycles. The highest BCUT2D eigenvalue weighted by molar-refractivity contribution is 14.1. The van der Waals surface area contributed by atoms with E-state index in [1.807, 2.05) is 71.2 Å². The lowest BCUT2D eigenvalue weighted by atomic mass is 10.1. The Morgan fingerprint density at radius 1 is 1.02 bits per heavy atom. The maximum Gasteiger partial charge on any atom is 0.264 e. The number of carbonyl (C=O) groups is 1.